The molecule has 1 unspecified atom stereocenters. The quantitative estimate of drug-likeness (QED) is 0.899. The molecule has 1 saturated heterocycles. The molecule has 0 bridgehead atoms. The summed E-state index contributed by atoms with van der Waals surface area (Å²) in [4.78, 5) is 27.3. The second-order valence-electron chi connectivity index (χ2n) is 6.36. The average Bonchev–Trinajstić information content (AvgIpc) is 2.65. The summed E-state index contributed by atoms with van der Waals surface area (Å²) in [6.07, 6.45) is 3.20. The summed E-state index contributed by atoms with van der Waals surface area (Å²) in [5.74, 6) is -0.0959. The number of nitrogens with zero attached hydrogens (tertiary/aromatic N) is 1. The molecule has 1 aliphatic heterocycles. The van der Waals surface area contributed by atoms with E-state index in [0.717, 1.165) is 36.1 Å². The molecule has 1 aliphatic rings. The van der Waals surface area contributed by atoms with Crippen LogP contribution in [-0.4, -0.2) is 23.3 Å². The predicted molar refractivity (Wildman–Crippen MR) is 99.2 cm³/mol. The van der Waals surface area contributed by atoms with Crippen LogP contribution in [0.3, 0.4) is 0 Å². The van der Waals surface area contributed by atoms with E-state index >= 15 is 0 Å². The van der Waals surface area contributed by atoms with Gasteiger partial charge in [0.2, 0.25) is 5.91 Å². The number of amides is 2. The molecular weight excluding hydrogens is 312 g/mol. The number of para-hydroxylation sites is 1. The molecule has 0 saturated carbocycles. The van der Waals surface area contributed by atoms with E-state index in [-0.39, 0.29) is 11.8 Å². The van der Waals surface area contributed by atoms with Gasteiger partial charge in [0.05, 0.1) is 0 Å². The highest BCUT2D eigenvalue weighted by molar-refractivity contribution is 5.98. The third-order valence-corrected chi connectivity index (χ3v) is 4.69. The fourth-order valence-corrected chi connectivity index (χ4v) is 3.36. The van der Waals surface area contributed by atoms with Crippen molar-refractivity contribution in [1.29, 1.82) is 0 Å². The summed E-state index contributed by atoms with van der Waals surface area (Å²) in [7, 11) is 0. The highest BCUT2D eigenvalue weighted by atomic mass is 16.2. The van der Waals surface area contributed by atoms with Crippen LogP contribution in [0.25, 0.3) is 0 Å². The van der Waals surface area contributed by atoms with Crippen LogP contribution in [0.1, 0.15) is 43.4 Å². The first kappa shape index (κ1) is 17.2. The van der Waals surface area contributed by atoms with Gasteiger partial charge in [0.15, 0.2) is 0 Å². The molecule has 25 heavy (non-hydrogen) atoms. The van der Waals surface area contributed by atoms with E-state index < -0.39 is 6.04 Å². The van der Waals surface area contributed by atoms with Gasteiger partial charge in [0.1, 0.15) is 6.04 Å². The Bertz CT molecular complexity index is 743. The van der Waals surface area contributed by atoms with Crippen LogP contribution in [0.5, 0.6) is 0 Å². The number of likely N-dealkylation sites (tertiary alicyclic amines) is 1. The topological polar surface area (TPSA) is 49.4 Å². The Balaban J connectivity index is 1.91. The molecule has 3 rings (SSSR count). The molecule has 4 nitrogen and oxygen atoms in total. The van der Waals surface area contributed by atoms with Crippen molar-refractivity contribution in [1.82, 2.24) is 4.90 Å². The van der Waals surface area contributed by atoms with Crippen molar-refractivity contribution in [2.45, 2.75) is 38.6 Å². The molecule has 0 aliphatic carbocycles. The SMILES string of the molecule is CCc1ccccc1NC(=O)C(c1ccccc1)N1CCCCC1=O. The predicted octanol–water partition coefficient (Wildman–Crippen LogP) is 3.94. The molecule has 0 aromatic heterocycles. The lowest BCUT2D eigenvalue weighted by Gasteiger charge is -2.34. The molecule has 0 radical (unpaired) electrons. The molecular formula is C21H24N2O2. The minimum Gasteiger partial charge on any atom is -0.327 e. The first-order valence-corrected chi connectivity index (χ1v) is 8.94. The van der Waals surface area contributed by atoms with Gasteiger partial charge >= 0.3 is 0 Å². The Hall–Kier alpha value is -2.62. The molecule has 130 valence electrons. The summed E-state index contributed by atoms with van der Waals surface area (Å²) in [6, 6.07) is 16.8. The number of aryl methyl sites for hydroxylation is 1. The first-order valence-electron chi connectivity index (χ1n) is 8.94. The van der Waals surface area contributed by atoms with E-state index in [4.69, 9.17) is 0 Å². The summed E-state index contributed by atoms with van der Waals surface area (Å²) >= 11 is 0. The van der Waals surface area contributed by atoms with E-state index in [1.54, 1.807) is 4.90 Å². The molecule has 4 heteroatoms. The van der Waals surface area contributed by atoms with Crippen LogP contribution in [0.2, 0.25) is 0 Å². The third-order valence-electron chi connectivity index (χ3n) is 4.69. The smallest absolute Gasteiger partial charge is 0.251 e. The molecule has 0 spiro atoms. The fourth-order valence-electron chi connectivity index (χ4n) is 3.36. The van der Waals surface area contributed by atoms with Gasteiger partial charge in [-0.3, -0.25) is 9.59 Å². The third kappa shape index (κ3) is 3.90. The average molecular weight is 336 g/mol. The Kier molecular flexibility index (Phi) is 5.49. The highest BCUT2D eigenvalue weighted by Gasteiger charge is 2.32. The normalized spacial score (nSPS) is 15.7. The standard InChI is InChI=1S/C21H24N2O2/c1-2-16-10-6-7-13-18(16)22-21(25)20(17-11-4-3-5-12-17)23-15-9-8-14-19(23)24/h3-7,10-13,20H,2,8-9,14-15H2,1H3,(H,22,25). The van der Waals surface area contributed by atoms with Crippen molar-refractivity contribution in [2.75, 3.05) is 11.9 Å². The van der Waals surface area contributed by atoms with E-state index in [0.29, 0.717) is 13.0 Å². The first-order chi connectivity index (χ1) is 12.2. The van der Waals surface area contributed by atoms with Gasteiger partial charge in [0.25, 0.3) is 5.91 Å². The molecule has 2 amide bonds. The minimum absolute atomic E-state index is 0.0547. The van der Waals surface area contributed by atoms with E-state index in [1.807, 2.05) is 54.6 Å². The van der Waals surface area contributed by atoms with Crippen LogP contribution in [0.4, 0.5) is 5.69 Å². The Morgan fingerprint density at radius 3 is 2.52 bits per heavy atom. The zero-order valence-electron chi connectivity index (χ0n) is 14.6. The highest BCUT2D eigenvalue weighted by Crippen LogP contribution is 2.27. The molecule has 1 N–H and O–H groups in total. The number of carbonyl (C=O) groups is 2. The van der Waals surface area contributed by atoms with Crippen molar-refractivity contribution < 1.29 is 9.59 Å². The molecule has 1 heterocycles. The maximum Gasteiger partial charge on any atom is 0.251 e. The minimum atomic E-state index is -0.584. The number of carbonyl (C=O) groups excluding carboxylic acids is 2. The van der Waals surface area contributed by atoms with Gasteiger partial charge in [-0.2, -0.15) is 0 Å². The molecule has 2 aromatic rings. The van der Waals surface area contributed by atoms with Crippen LogP contribution in [0.15, 0.2) is 54.6 Å². The van der Waals surface area contributed by atoms with E-state index in [2.05, 4.69) is 12.2 Å². The van der Waals surface area contributed by atoms with Gasteiger partial charge in [-0.15, -0.1) is 0 Å². The summed E-state index contributed by atoms with van der Waals surface area (Å²) < 4.78 is 0. The van der Waals surface area contributed by atoms with Crippen LogP contribution in [-0.2, 0) is 16.0 Å². The van der Waals surface area contributed by atoms with E-state index in [1.165, 1.54) is 0 Å². The zero-order valence-corrected chi connectivity index (χ0v) is 14.6. The van der Waals surface area contributed by atoms with Crippen molar-refractivity contribution >= 4 is 17.5 Å². The lowest BCUT2D eigenvalue weighted by atomic mass is 10.00. The lowest BCUT2D eigenvalue weighted by molar-refractivity contribution is -0.141. The van der Waals surface area contributed by atoms with Gasteiger partial charge in [-0.05, 0) is 36.5 Å². The van der Waals surface area contributed by atoms with Crippen molar-refractivity contribution in [3.05, 3.63) is 65.7 Å². The van der Waals surface area contributed by atoms with Crippen molar-refractivity contribution in [3.8, 4) is 0 Å². The zero-order chi connectivity index (χ0) is 17.6. The molecule has 1 atom stereocenters. The molecule has 1 fully saturated rings. The van der Waals surface area contributed by atoms with Gasteiger partial charge in [-0.1, -0.05) is 55.5 Å². The van der Waals surface area contributed by atoms with E-state index in [9.17, 15) is 9.59 Å². The number of piperidine rings is 1. The largest absolute Gasteiger partial charge is 0.327 e. The Labute approximate surface area is 148 Å². The Morgan fingerprint density at radius 2 is 1.80 bits per heavy atom. The van der Waals surface area contributed by atoms with Gasteiger partial charge in [-0.25, -0.2) is 0 Å². The van der Waals surface area contributed by atoms with Crippen LogP contribution < -0.4 is 5.32 Å². The summed E-state index contributed by atoms with van der Waals surface area (Å²) in [5, 5.41) is 3.05. The van der Waals surface area contributed by atoms with Crippen LogP contribution in [0, 0.1) is 0 Å². The number of hydrogen-bond donors (Lipinski definition) is 1. The number of benzene rings is 2. The molecule has 2 aromatic carbocycles. The van der Waals surface area contributed by atoms with Crippen molar-refractivity contribution in [2.24, 2.45) is 0 Å². The van der Waals surface area contributed by atoms with Crippen molar-refractivity contribution in [3.63, 3.8) is 0 Å². The fraction of sp³-hybridized carbons (Fsp3) is 0.333. The maximum absolute atomic E-state index is 13.1. The summed E-state index contributed by atoms with van der Waals surface area (Å²) in [5.41, 5.74) is 2.76. The number of hydrogen-bond acceptors (Lipinski definition) is 2. The Morgan fingerprint density at radius 1 is 1.08 bits per heavy atom. The number of anilines is 1. The summed E-state index contributed by atoms with van der Waals surface area (Å²) in [6.45, 7) is 2.69. The van der Waals surface area contributed by atoms with Gasteiger partial charge in [0, 0.05) is 18.7 Å². The van der Waals surface area contributed by atoms with Gasteiger partial charge < -0.3 is 10.2 Å². The number of nitrogens with one attached hydrogen (secondary N) is 1. The second-order valence-corrected chi connectivity index (χ2v) is 6.36. The monoisotopic (exact) mass is 336 g/mol. The second kappa shape index (κ2) is 7.97. The lowest BCUT2D eigenvalue weighted by Crippen LogP contribution is -2.43. The maximum atomic E-state index is 13.1. The number of rotatable bonds is 5. The van der Waals surface area contributed by atoms with Crippen LogP contribution >= 0.6 is 0 Å².